The number of hydrogen-bond acceptors (Lipinski definition) is 1. The van der Waals surface area contributed by atoms with Crippen LogP contribution in [0.1, 0.15) is 49.3 Å². The molecule has 6 rings (SSSR count). The lowest BCUT2D eigenvalue weighted by molar-refractivity contribution is 0.630. The van der Waals surface area contributed by atoms with Crippen LogP contribution < -0.4 is 0 Å². The Morgan fingerprint density at radius 1 is 0.611 bits per heavy atom. The zero-order chi connectivity index (χ0) is 24.5. The summed E-state index contributed by atoms with van der Waals surface area (Å²) >= 11 is 1.79. The van der Waals surface area contributed by atoms with Gasteiger partial charge >= 0.3 is 0 Å². The van der Waals surface area contributed by atoms with Crippen LogP contribution in [0.4, 0.5) is 4.39 Å². The second kappa shape index (κ2) is 9.76. The lowest BCUT2D eigenvalue weighted by atomic mass is 10.0. The molecule has 36 heavy (non-hydrogen) atoms. The minimum atomic E-state index is -0.196. The van der Waals surface area contributed by atoms with Crippen molar-refractivity contribution in [1.29, 1.82) is 0 Å². The van der Waals surface area contributed by atoms with Crippen LogP contribution in [0.25, 0.3) is 41.7 Å². The summed E-state index contributed by atoms with van der Waals surface area (Å²) in [7, 11) is 0. The van der Waals surface area contributed by atoms with E-state index in [4.69, 9.17) is 0 Å². The quantitative estimate of drug-likeness (QED) is 0.168. The lowest BCUT2D eigenvalue weighted by Gasteiger charge is -2.02. The summed E-state index contributed by atoms with van der Waals surface area (Å²) < 4.78 is 16.2. The molecule has 0 N–H and O–H groups in total. The average Bonchev–Trinajstić information content (AvgIpc) is 3.24. The van der Waals surface area contributed by atoms with Crippen LogP contribution in [-0.2, 0) is 6.42 Å². The molecular formula is C34H27FS. The standard InChI is InChI=1S/C34H27FS/c1-2-3-4-5-6-23-7-9-24(10-8-23)11-12-25-13-14-26-19-31-32-20-29-18-30(35)16-15-27(29)21-33(32)36-34(31)22-28(26)17-25/h7-10,13-22H,2-6H2,1H3. The van der Waals surface area contributed by atoms with Gasteiger partial charge in [-0.2, -0.15) is 0 Å². The molecule has 0 bridgehead atoms. The first-order valence-corrected chi connectivity index (χ1v) is 13.6. The van der Waals surface area contributed by atoms with Crippen LogP contribution in [0.3, 0.4) is 0 Å². The summed E-state index contributed by atoms with van der Waals surface area (Å²) in [5.41, 5.74) is 3.47. The Kier molecular flexibility index (Phi) is 6.18. The predicted octanol–water partition coefficient (Wildman–Crippen LogP) is 10.0. The number of benzene rings is 5. The van der Waals surface area contributed by atoms with Gasteiger partial charge in [0, 0.05) is 31.3 Å². The SMILES string of the molecule is CCCCCCc1ccc(C#Cc2ccc3cc4c(cc3c2)sc2cc3ccc(F)cc3cc24)cc1. The van der Waals surface area contributed by atoms with Gasteiger partial charge < -0.3 is 0 Å². The topological polar surface area (TPSA) is 0 Å². The normalized spacial score (nSPS) is 11.4. The van der Waals surface area contributed by atoms with Crippen molar-refractivity contribution in [1.82, 2.24) is 0 Å². The first kappa shape index (κ1) is 22.8. The summed E-state index contributed by atoms with van der Waals surface area (Å²) in [5.74, 6) is 6.49. The molecule has 1 heterocycles. The van der Waals surface area contributed by atoms with Crippen molar-refractivity contribution < 1.29 is 4.39 Å². The summed E-state index contributed by atoms with van der Waals surface area (Å²) in [4.78, 5) is 0. The van der Waals surface area contributed by atoms with Crippen LogP contribution in [0, 0.1) is 17.7 Å². The van der Waals surface area contributed by atoms with Crippen molar-refractivity contribution >= 4 is 53.1 Å². The van der Waals surface area contributed by atoms with E-state index in [-0.39, 0.29) is 5.82 Å². The number of hydrogen-bond donors (Lipinski definition) is 0. The summed E-state index contributed by atoms with van der Waals surface area (Å²) in [6, 6.07) is 29.0. The third-order valence-electron chi connectivity index (χ3n) is 6.97. The van der Waals surface area contributed by atoms with E-state index in [9.17, 15) is 4.39 Å². The first-order valence-electron chi connectivity index (χ1n) is 12.8. The molecule has 0 amide bonds. The van der Waals surface area contributed by atoms with Crippen LogP contribution in [0.15, 0.2) is 84.9 Å². The molecule has 176 valence electrons. The predicted molar refractivity (Wildman–Crippen MR) is 155 cm³/mol. The number of fused-ring (bicyclic) bond motifs is 5. The van der Waals surface area contributed by atoms with E-state index < -0.39 is 0 Å². The summed E-state index contributed by atoms with van der Waals surface area (Å²) in [6.45, 7) is 2.25. The van der Waals surface area contributed by atoms with Gasteiger partial charge in [-0.1, -0.05) is 62.3 Å². The van der Waals surface area contributed by atoms with Crippen molar-refractivity contribution in [3.63, 3.8) is 0 Å². The summed E-state index contributed by atoms with van der Waals surface area (Å²) in [5, 5.41) is 6.81. The maximum absolute atomic E-state index is 13.8. The maximum atomic E-state index is 13.8. The van der Waals surface area contributed by atoms with Gasteiger partial charge in [-0.3, -0.25) is 0 Å². The third-order valence-corrected chi connectivity index (χ3v) is 8.09. The van der Waals surface area contributed by atoms with Gasteiger partial charge in [-0.15, -0.1) is 11.3 Å². The minimum absolute atomic E-state index is 0.196. The molecule has 0 unspecified atom stereocenters. The van der Waals surface area contributed by atoms with Gasteiger partial charge in [0.25, 0.3) is 0 Å². The van der Waals surface area contributed by atoms with Crippen LogP contribution in [-0.4, -0.2) is 0 Å². The van der Waals surface area contributed by atoms with E-state index in [0.717, 1.165) is 28.3 Å². The van der Waals surface area contributed by atoms with Crippen molar-refractivity contribution in [2.75, 3.05) is 0 Å². The molecular weight excluding hydrogens is 459 g/mol. The number of halogens is 1. The monoisotopic (exact) mass is 486 g/mol. The van der Waals surface area contributed by atoms with Gasteiger partial charge in [-0.05, 0) is 101 Å². The van der Waals surface area contributed by atoms with Gasteiger partial charge in [0.05, 0.1) is 0 Å². The Balaban J connectivity index is 1.29. The van der Waals surface area contributed by atoms with Crippen molar-refractivity contribution in [2.24, 2.45) is 0 Å². The van der Waals surface area contributed by atoms with Gasteiger partial charge in [0.1, 0.15) is 5.82 Å². The van der Waals surface area contributed by atoms with Gasteiger partial charge in [-0.25, -0.2) is 4.39 Å². The Bertz CT molecular complexity index is 1780. The molecule has 1 aromatic heterocycles. The number of unbranched alkanes of at least 4 members (excludes halogenated alkanes) is 3. The Labute approximate surface area is 215 Å². The fraction of sp³-hybridized carbons (Fsp3) is 0.176. The summed E-state index contributed by atoms with van der Waals surface area (Å²) in [6.07, 6.45) is 6.32. The smallest absolute Gasteiger partial charge is 0.123 e. The fourth-order valence-electron chi connectivity index (χ4n) is 4.97. The Morgan fingerprint density at radius 2 is 1.25 bits per heavy atom. The highest BCUT2D eigenvalue weighted by molar-refractivity contribution is 7.26. The van der Waals surface area contributed by atoms with Crippen molar-refractivity contribution in [3.8, 4) is 11.8 Å². The molecule has 0 aliphatic carbocycles. The molecule has 0 atom stereocenters. The number of thiophene rings is 1. The minimum Gasteiger partial charge on any atom is -0.207 e. The van der Waals surface area contributed by atoms with Crippen LogP contribution >= 0.6 is 11.3 Å². The lowest BCUT2D eigenvalue weighted by Crippen LogP contribution is -1.86. The number of aryl methyl sites for hydroxylation is 1. The largest absolute Gasteiger partial charge is 0.207 e. The molecule has 5 aromatic carbocycles. The second-order valence-electron chi connectivity index (χ2n) is 9.61. The van der Waals surface area contributed by atoms with E-state index in [0.29, 0.717) is 0 Å². The molecule has 0 fully saturated rings. The van der Waals surface area contributed by atoms with Crippen LogP contribution in [0.5, 0.6) is 0 Å². The molecule has 0 spiro atoms. The van der Waals surface area contributed by atoms with Gasteiger partial charge in [0.15, 0.2) is 0 Å². The molecule has 0 saturated heterocycles. The van der Waals surface area contributed by atoms with Crippen molar-refractivity contribution in [3.05, 3.63) is 107 Å². The van der Waals surface area contributed by atoms with E-state index in [1.165, 1.54) is 68.3 Å². The van der Waals surface area contributed by atoms with E-state index in [1.54, 1.807) is 17.4 Å². The Morgan fingerprint density at radius 3 is 2.06 bits per heavy atom. The molecule has 0 radical (unpaired) electrons. The zero-order valence-corrected chi connectivity index (χ0v) is 21.2. The molecule has 6 aromatic rings. The third kappa shape index (κ3) is 4.60. The molecule has 0 saturated carbocycles. The highest BCUT2D eigenvalue weighted by atomic mass is 32.1. The maximum Gasteiger partial charge on any atom is 0.123 e. The fourth-order valence-corrected chi connectivity index (χ4v) is 6.13. The van der Waals surface area contributed by atoms with E-state index in [1.807, 2.05) is 6.07 Å². The highest BCUT2D eigenvalue weighted by Gasteiger charge is 2.09. The van der Waals surface area contributed by atoms with Gasteiger partial charge in [0.2, 0.25) is 0 Å². The molecule has 2 heteroatoms. The van der Waals surface area contributed by atoms with E-state index in [2.05, 4.69) is 85.5 Å². The average molecular weight is 487 g/mol. The number of rotatable bonds is 5. The molecule has 0 aliphatic rings. The van der Waals surface area contributed by atoms with Crippen LogP contribution in [0.2, 0.25) is 0 Å². The molecule has 0 nitrogen and oxygen atoms in total. The van der Waals surface area contributed by atoms with Crippen molar-refractivity contribution in [2.45, 2.75) is 39.0 Å². The molecule has 0 aliphatic heterocycles. The van der Waals surface area contributed by atoms with E-state index >= 15 is 0 Å². The second-order valence-corrected chi connectivity index (χ2v) is 10.7. The highest BCUT2D eigenvalue weighted by Crippen LogP contribution is 2.38. The zero-order valence-electron chi connectivity index (χ0n) is 20.4. The Hall–Kier alpha value is -3.67. The first-order chi connectivity index (χ1) is 17.7.